The van der Waals surface area contributed by atoms with Crippen LogP contribution in [0, 0.1) is 0 Å². The molecule has 0 aromatic heterocycles. The lowest BCUT2D eigenvalue weighted by molar-refractivity contribution is 0.0768. The monoisotopic (exact) mass is 375 g/mol. The minimum Gasteiger partial charge on any atom is -0.371 e. The van der Waals surface area contributed by atoms with Crippen LogP contribution in [0.3, 0.4) is 0 Å². The Morgan fingerprint density at radius 1 is 1.20 bits per heavy atom. The summed E-state index contributed by atoms with van der Waals surface area (Å²) >= 11 is 5.88. The van der Waals surface area contributed by atoms with E-state index in [2.05, 4.69) is 26.9 Å². The quantitative estimate of drug-likeness (QED) is 0.390. The molecule has 5 nitrogen and oxygen atoms in total. The second-order valence-electron chi connectivity index (χ2n) is 5.45. The first-order valence-corrected chi connectivity index (χ1v) is 9.07. The first-order valence-electron chi connectivity index (χ1n) is 7.86. The van der Waals surface area contributed by atoms with Crippen LogP contribution < -0.4 is 15.8 Å². The lowest BCUT2D eigenvalue weighted by atomic mass is 10.1. The van der Waals surface area contributed by atoms with Crippen LogP contribution in [0.5, 0.6) is 0 Å². The van der Waals surface area contributed by atoms with E-state index in [0.29, 0.717) is 22.9 Å². The molecule has 2 aromatic rings. The summed E-state index contributed by atoms with van der Waals surface area (Å²) in [5, 5.41) is 12.2. The van der Waals surface area contributed by atoms with Gasteiger partial charge in [-0.15, -0.1) is 0 Å². The Balaban J connectivity index is 1.79. The van der Waals surface area contributed by atoms with Crippen molar-refractivity contribution in [3.63, 3.8) is 0 Å². The van der Waals surface area contributed by atoms with Crippen LogP contribution >= 0.6 is 24.4 Å². The third kappa shape index (κ3) is 6.38. The average molecular weight is 376 g/mol. The molecule has 25 heavy (non-hydrogen) atoms. The molecular weight excluding hydrogens is 354 g/mol. The molecule has 1 atom stereocenters. The van der Waals surface area contributed by atoms with Crippen LogP contribution in [0.4, 0.5) is 0 Å². The molecule has 0 radical (unpaired) electrons. The molecular formula is C18H21N3O2S2. The first-order chi connectivity index (χ1) is 12.1. The Kier molecular flexibility index (Phi) is 7.72. The molecule has 0 heterocycles. The molecule has 4 N–H and O–H groups in total. The lowest BCUT2D eigenvalue weighted by Crippen LogP contribution is -2.37. The van der Waals surface area contributed by atoms with E-state index in [4.69, 9.17) is 17.4 Å². The van der Waals surface area contributed by atoms with Crippen LogP contribution in [0.15, 0.2) is 54.6 Å². The largest absolute Gasteiger partial charge is 0.371 e. The van der Waals surface area contributed by atoms with Gasteiger partial charge in [0, 0.05) is 6.54 Å². The summed E-state index contributed by atoms with van der Waals surface area (Å²) < 4.78 is 4.68. The van der Waals surface area contributed by atoms with Crippen molar-refractivity contribution in [2.45, 2.75) is 19.4 Å². The normalized spacial score (nSPS) is 11.4. The number of nitrogens with two attached hydrogens (primary N) is 1. The zero-order chi connectivity index (χ0) is 18.1. The molecule has 0 bridgehead atoms. The molecule has 2 rings (SSSR count). The zero-order valence-corrected chi connectivity index (χ0v) is 15.5. The molecule has 0 saturated carbocycles. The molecule has 1 unspecified atom stereocenters. The molecule has 0 aliphatic heterocycles. The topological polar surface area (TPSA) is 76.4 Å². The van der Waals surface area contributed by atoms with E-state index in [9.17, 15) is 4.79 Å². The smallest absolute Gasteiger partial charge is 0.351 e. The van der Waals surface area contributed by atoms with Crippen molar-refractivity contribution < 1.29 is 8.98 Å². The number of carbonyl (C=O) groups excluding carboxylic acids is 1. The maximum absolute atomic E-state index is 11.6. The van der Waals surface area contributed by atoms with E-state index in [1.165, 1.54) is 5.56 Å². The summed E-state index contributed by atoms with van der Waals surface area (Å²) in [4.78, 5) is 11.6. The molecule has 0 spiro atoms. The summed E-state index contributed by atoms with van der Waals surface area (Å²) in [6.45, 7) is 2.78. The second kappa shape index (κ2) is 10.0. The maximum Gasteiger partial charge on any atom is 0.351 e. The van der Waals surface area contributed by atoms with E-state index in [1.807, 2.05) is 37.3 Å². The Morgan fingerprint density at radius 2 is 1.88 bits per heavy atom. The summed E-state index contributed by atoms with van der Waals surface area (Å²) in [7, 11) is 0. The lowest BCUT2D eigenvalue weighted by Gasteiger charge is -2.17. The van der Waals surface area contributed by atoms with E-state index in [1.54, 1.807) is 12.1 Å². The van der Waals surface area contributed by atoms with Gasteiger partial charge in [-0.25, -0.2) is 9.93 Å². The standard InChI is InChI=1S/C18H21N3O2S2/c1-13(15-7-9-16(10-8-15)17(22)23-25-19)21-18(24)20-12-11-14-5-3-2-4-6-14/h2-10,13H,11-12,19H2,1H3,(H2,20,21,24). The van der Waals surface area contributed by atoms with Gasteiger partial charge in [0.05, 0.1) is 11.6 Å². The first kappa shape index (κ1) is 19.2. The van der Waals surface area contributed by atoms with Crippen LogP contribution in [0.1, 0.15) is 34.5 Å². The highest BCUT2D eigenvalue weighted by Gasteiger charge is 2.10. The summed E-state index contributed by atoms with van der Waals surface area (Å²) in [6, 6.07) is 17.4. The molecule has 2 aromatic carbocycles. The van der Waals surface area contributed by atoms with Crippen molar-refractivity contribution in [3.05, 3.63) is 71.3 Å². The van der Waals surface area contributed by atoms with Crippen molar-refractivity contribution in [2.24, 2.45) is 5.14 Å². The number of rotatable bonds is 7. The highest BCUT2D eigenvalue weighted by Crippen LogP contribution is 2.14. The van der Waals surface area contributed by atoms with Crippen molar-refractivity contribution in [2.75, 3.05) is 6.54 Å². The Bertz CT molecular complexity index is 693. The summed E-state index contributed by atoms with van der Waals surface area (Å²) in [6.07, 6.45) is 0.910. The molecule has 0 fully saturated rings. The van der Waals surface area contributed by atoms with Crippen molar-refractivity contribution in [3.8, 4) is 0 Å². The number of thiocarbonyl (C=S) groups is 1. The number of carbonyl (C=O) groups is 1. The van der Waals surface area contributed by atoms with Crippen molar-refractivity contribution in [1.82, 2.24) is 10.6 Å². The summed E-state index contributed by atoms with van der Waals surface area (Å²) in [5.74, 6) is -0.460. The van der Waals surface area contributed by atoms with Crippen molar-refractivity contribution >= 4 is 35.5 Å². The van der Waals surface area contributed by atoms with Crippen molar-refractivity contribution in [1.29, 1.82) is 0 Å². The van der Waals surface area contributed by atoms with E-state index < -0.39 is 5.97 Å². The van der Waals surface area contributed by atoms with Gasteiger partial charge >= 0.3 is 5.97 Å². The molecule has 0 aliphatic rings. The second-order valence-corrected chi connectivity index (χ2v) is 6.21. The number of nitrogens with one attached hydrogen (secondary N) is 2. The van der Waals surface area contributed by atoms with Crippen LogP contribution in [-0.2, 0) is 10.6 Å². The minimum absolute atomic E-state index is 0.0191. The highest BCUT2D eigenvalue weighted by molar-refractivity contribution is 7.92. The van der Waals surface area contributed by atoms with Gasteiger partial charge in [0.1, 0.15) is 12.2 Å². The predicted octanol–water partition coefficient (Wildman–Crippen LogP) is 3.13. The van der Waals surface area contributed by atoms with E-state index >= 15 is 0 Å². The fraction of sp³-hybridized carbons (Fsp3) is 0.222. The zero-order valence-electron chi connectivity index (χ0n) is 13.9. The van der Waals surface area contributed by atoms with E-state index in [-0.39, 0.29) is 6.04 Å². The average Bonchev–Trinajstić information content (AvgIpc) is 2.63. The van der Waals surface area contributed by atoms with Gasteiger partial charge in [-0.05, 0) is 48.8 Å². The van der Waals surface area contributed by atoms with E-state index in [0.717, 1.165) is 18.5 Å². The predicted molar refractivity (Wildman–Crippen MR) is 106 cm³/mol. The van der Waals surface area contributed by atoms with Gasteiger partial charge in [-0.3, -0.25) is 0 Å². The van der Waals surface area contributed by atoms with Gasteiger partial charge in [0.25, 0.3) is 0 Å². The molecule has 0 saturated heterocycles. The number of hydrogen-bond acceptors (Lipinski definition) is 5. The SMILES string of the molecule is CC(NC(=S)NCCc1ccccc1)c1ccc(C(=O)OSN)cc1. The molecule has 0 aliphatic carbocycles. The Labute approximate surface area is 157 Å². The van der Waals surface area contributed by atoms with Gasteiger partial charge in [0.15, 0.2) is 5.11 Å². The fourth-order valence-electron chi connectivity index (χ4n) is 2.30. The third-order valence-electron chi connectivity index (χ3n) is 3.66. The Hall–Kier alpha value is -2.09. The van der Waals surface area contributed by atoms with Gasteiger partial charge in [-0.2, -0.15) is 0 Å². The van der Waals surface area contributed by atoms with Crippen LogP contribution in [0.2, 0.25) is 0 Å². The highest BCUT2D eigenvalue weighted by atomic mass is 32.2. The third-order valence-corrected chi connectivity index (χ3v) is 4.17. The molecule has 7 heteroatoms. The van der Waals surface area contributed by atoms with Gasteiger partial charge in [-0.1, -0.05) is 42.5 Å². The number of benzene rings is 2. The molecule has 0 amide bonds. The minimum atomic E-state index is -0.460. The summed E-state index contributed by atoms with van der Waals surface area (Å²) in [5.41, 5.74) is 2.74. The van der Waals surface area contributed by atoms with Crippen LogP contribution in [0.25, 0.3) is 0 Å². The number of hydrogen-bond donors (Lipinski definition) is 3. The van der Waals surface area contributed by atoms with Crippen LogP contribution in [-0.4, -0.2) is 17.6 Å². The van der Waals surface area contributed by atoms with Gasteiger partial charge in [0.2, 0.25) is 0 Å². The van der Waals surface area contributed by atoms with Gasteiger partial charge < -0.3 is 14.8 Å². The Morgan fingerprint density at radius 3 is 2.52 bits per heavy atom. The molecule has 132 valence electrons. The fourth-order valence-corrected chi connectivity index (χ4v) is 2.76. The maximum atomic E-state index is 11.6.